The topological polar surface area (TPSA) is 64.6 Å². The number of fused-ring (bicyclic) bond motifs is 1. The van der Waals surface area contributed by atoms with Crippen molar-refractivity contribution in [3.63, 3.8) is 0 Å². The first kappa shape index (κ1) is 18.0. The normalized spacial score (nSPS) is 18.9. The van der Waals surface area contributed by atoms with Gasteiger partial charge in [-0.2, -0.15) is 0 Å². The van der Waals surface area contributed by atoms with E-state index in [2.05, 4.69) is 19.2 Å². The highest BCUT2D eigenvalue weighted by molar-refractivity contribution is 6.02. The van der Waals surface area contributed by atoms with Crippen LogP contribution in [0.25, 0.3) is 0 Å². The molecule has 1 aliphatic heterocycles. The molecule has 0 saturated carbocycles. The van der Waals surface area contributed by atoms with E-state index in [1.54, 1.807) is 44.4 Å². The third-order valence-electron chi connectivity index (χ3n) is 4.67. The Bertz CT molecular complexity index is 859. The number of hydrogen-bond donors (Lipinski definition) is 1. The van der Waals surface area contributed by atoms with Gasteiger partial charge in [0.15, 0.2) is 5.60 Å². The van der Waals surface area contributed by atoms with Crippen LogP contribution in [0.4, 0.5) is 5.69 Å². The zero-order valence-electron chi connectivity index (χ0n) is 15.5. The first-order chi connectivity index (χ1) is 12.3. The molecule has 0 spiro atoms. The summed E-state index contributed by atoms with van der Waals surface area (Å²) in [5, 5.41) is 2.82. The van der Waals surface area contributed by atoms with Crippen LogP contribution in [0.15, 0.2) is 42.5 Å². The lowest BCUT2D eigenvalue weighted by molar-refractivity contribution is -0.134. The molecule has 0 saturated heterocycles. The van der Waals surface area contributed by atoms with Crippen molar-refractivity contribution in [3.8, 4) is 5.75 Å². The van der Waals surface area contributed by atoms with E-state index in [4.69, 9.17) is 9.47 Å². The minimum absolute atomic E-state index is 0.338. The molecule has 1 N–H and O–H groups in total. The van der Waals surface area contributed by atoms with E-state index in [9.17, 15) is 9.59 Å². The van der Waals surface area contributed by atoms with Gasteiger partial charge in [-0.3, -0.25) is 4.79 Å². The van der Waals surface area contributed by atoms with Crippen molar-refractivity contribution < 1.29 is 19.1 Å². The van der Waals surface area contributed by atoms with Crippen molar-refractivity contribution in [1.29, 1.82) is 0 Å². The Hall–Kier alpha value is -2.82. The van der Waals surface area contributed by atoms with Gasteiger partial charge in [-0.05, 0) is 42.2 Å². The third kappa shape index (κ3) is 3.43. The summed E-state index contributed by atoms with van der Waals surface area (Å²) in [6, 6.07) is 12.8. The smallest absolute Gasteiger partial charge is 0.339 e. The van der Waals surface area contributed by atoms with Crippen molar-refractivity contribution in [3.05, 3.63) is 59.2 Å². The summed E-state index contributed by atoms with van der Waals surface area (Å²) in [4.78, 5) is 25.3. The Morgan fingerprint density at radius 1 is 1.23 bits per heavy atom. The lowest BCUT2D eigenvalue weighted by atomic mass is 9.86. The zero-order chi connectivity index (χ0) is 18.9. The Morgan fingerprint density at radius 3 is 2.69 bits per heavy atom. The number of hydrogen-bond acceptors (Lipinski definition) is 4. The highest BCUT2D eigenvalue weighted by atomic mass is 16.6. The van der Waals surface area contributed by atoms with Crippen LogP contribution in [0.5, 0.6) is 5.75 Å². The van der Waals surface area contributed by atoms with Gasteiger partial charge < -0.3 is 14.8 Å². The largest absolute Gasteiger partial charge is 0.497 e. The second kappa shape index (κ2) is 6.83. The first-order valence-electron chi connectivity index (χ1n) is 8.64. The van der Waals surface area contributed by atoms with Gasteiger partial charge in [0.05, 0.1) is 12.7 Å². The highest BCUT2D eigenvalue weighted by Crippen LogP contribution is 2.31. The van der Waals surface area contributed by atoms with E-state index in [0.717, 1.165) is 11.1 Å². The summed E-state index contributed by atoms with van der Waals surface area (Å²) in [5.41, 5.74) is 1.84. The third-order valence-corrected chi connectivity index (χ3v) is 4.67. The van der Waals surface area contributed by atoms with Gasteiger partial charge in [-0.1, -0.05) is 32.0 Å². The summed E-state index contributed by atoms with van der Waals surface area (Å²) in [7, 11) is 1.56. The fraction of sp³-hybridized carbons (Fsp3) is 0.333. The standard InChI is InChI=1S/C21H23NO4/c1-13(2)14-8-9-18-15(10-14)12-21(3,26-19(18)23)20(24)22-16-6-5-7-17(11-16)25-4/h5-11,13H,12H2,1-4H3,(H,22,24). The number of carbonyl (C=O) groups is 2. The van der Waals surface area contributed by atoms with E-state index >= 15 is 0 Å². The summed E-state index contributed by atoms with van der Waals surface area (Å²) in [6.45, 7) is 5.83. The molecule has 0 aliphatic carbocycles. The number of ether oxygens (including phenoxy) is 2. The van der Waals surface area contributed by atoms with Crippen molar-refractivity contribution in [1.82, 2.24) is 0 Å². The van der Waals surface area contributed by atoms with Gasteiger partial charge in [0.25, 0.3) is 5.91 Å². The van der Waals surface area contributed by atoms with E-state index in [1.807, 2.05) is 12.1 Å². The number of nitrogens with one attached hydrogen (secondary N) is 1. The Balaban J connectivity index is 1.86. The van der Waals surface area contributed by atoms with Crippen molar-refractivity contribution in [2.45, 2.75) is 38.7 Å². The van der Waals surface area contributed by atoms with Crippen LogP contribution in [0.1, 0.15) is 48.2 Å². The summed E-state index contributed by atoms with van der Waals surface area (Å²) in [5.74, 6) is 0.153. The van der Waals surface area contributed by atoms with Crippen LogP contribution in [-0.2, 0) is 16.0 Å². The zero-order valence-corrected chi connectivity index (χ0v) is 15.5. The van der Waals surface area contributed by atoms with Crippen LogP contribution in [-0.4, -0.2) is 24.6 Å². The summed E-state index contributed by atoms with van der Waals surface area (Å²) < 4.78 is 10.7. The van der Waals surface area contributed by atoms with Gasteiger partial charge >= 0.3 is 5.97 Å². The number of rotatable bonds is 4. The van der Waals surface area contributed by atoms with E-state index in [-0.39, 0.29) is 5.91 Å². The van der Waals surface area contributed by atoms with Gasteiger partial charge in [0, 0.05) is 18.2 Å². The molecule has 3 rings (SSSR count). The average molecular weight is 353 g/mol. The molecule has 1 aliphatic rings. The van der Waals surface area contributed by atoms with Crippen molar-refractivity contribution in [2.75, 3.05) is 12.4 Å². The maximum atomic E-state index is 12.8. The molecule has 1 amide bonds. The number of benzene rings is 2. The Labute approximate surface area is 153 Å². The van der Waals surface area contributed by atoms with Crippen LogP contribution in [0.3, 0.4) is 0 Å². The van der Waals surface area contributed by atoms with Gasteiger partial charge in [0.2, 0.25) is 0 Å². The van der Waals surface area contributed by atoms with Gasteiger partial charge in [-0.15, -0.1) is 0 Å². The predicted octanol–water partition coefficient (Wildman–Crippen LogP) is 3.93. The number of methoxy groups -OCH3 is 1. The van der Waals surface area contributed by atoms with Gasteiger partial charge in [0.1, 0.15) is 5.75 Å². The SMILES string of the molecule is COc1cccc(NC(=O)C2(C)Cc3cc(C(C)C)ccc3C(=O)O2)c1. The fourth-order valence-electron chi connectivity index (χ4n) is 3.07. The van der Waals surface area contributed by atoms with E-state index in [1.165, 1.54) is 0 Å². The number of anilines is 1. The minimum Gasteiger partial charge on any atom is -0.497 e. The molecule has 2 aromatic carbocycles. The highest BCUT2D eigenvalue weighted by Gasteiger charge is 2.42. The molecule has 1 unspecified atom stereocenters. The van der Waals surface area contributed by atoms with E-state index in [0.29, 0.717) is 29.3 Å². The van der Waals surface area contributed by atoms with Gasteiger partial charge in [-0.25, -0.2) is 4.79 Å². The number of amides is 1. The monoisotopic (exact) mass is 353 g/mol. The van der Waals surface area contributed by atoms with Crippen molar-refractivity contribution >= 4 is 17.6 Å². The molecule has 2 aromatic rings. The molecule has 5 heteroatoms. The average Bonchev–Trinajstić information content (AvgIpc) is 2.61. The maximum Gasteiger partial charge on any atom is 0.339 e. The Kier molecular flexibility index (Phi) is 4.72. The fourth-order valence-corrected chi connectivity index (χ4v) is 3.07. The number of carbonyl (C=O) groups excluding carboxylic acids is 2. The molecule has 5 nitrogen and oxygen atoms in total. The Morgan fingerprint density at radius 2 is 2.00 bits per heavy atom. The molecule has 1 atom stereocenters. The number of cyclic esters (lactones) is 1. The lowest BCUT2D eigenvalue weighted by Gasteiger charge is -2.33. The molecule has 0 fully saturated rings. The van der Waals surface area contributed by atoms with E-state index < -0.39 is 11.6 Å². The molecule has 0 bridgehead atoms. The summed E-state index contributed by atoms with van der Waals surface area (Å²) in [6.07, 6.45) is 0.338. The molecule has 26 heavy (non-hydrogen) atoms. The minimum atomic E-state index is -1.26. The maximum absolute atomic E-state index is 12.8. The molecular formula is C21H23NO4. The molecule has 0 radical (unpaired) electrons. The molecule has 1 heterocycles. The van der Waals surface area contributed by atoms with Crippen LogP contribution in [0, 0.1) is 0 Å². The number of esters is 1. The quantitative estimate of drug-likeness (QED) is 0.846. The second-order valence-electron chi connectivity index (χ2n) is 7.05. The first-order valence-corrected chi connectivity index (χ1v) is 8.64. The molecular weight excluding hydrogens is 330 g/mol. The molecule has 0 aromatic heterocycles. The lowest BCUT2D eigenvalue weighted by Crippen LogP contribution is -2.49. The second-order valence-corrected chi connectivity index (χ2v) is 7.05. The van der Waals surface area contributed by atoms with Crippen LogP contribution in [0.2, 0.25) is 0 Å². The molecule has 136 valence electrons. The van der Waals surface area contributed by atoms with Crippen LogP contribution < -0.4 is 10.1 Å². The predicted molar refractivity (Wildman–Crippen MR) is 99.7 cm³/mol. The van der Waals surface area contributed by atoms with Crippen molar-refractivity contribution in [2.24, 2.45) is 0 Å². The summed E-state index contributed by atoms with van der Waals surface area (Å²) >= 11 is 0. The van der Waals surface area contributed by atoms with Crippen LogP contribution >= 0.6 is 0 Å².